The van der Waals surface area contributed by atoms with Crippen LogP contribution in [0, 0.1) is 6.92 Å². The highest BCUT2D eigenvalue weighted by molar-refractivity contribution is 5.90. The summed E-state index contributed by atoms with van der Waals surface area (Å²) < 4.78 is 6.89. The number of carboxylic acids is 1. The van der Waals surface area contributed by atoms with Gasteiger partial charge in [-0.3, -0.25) is 0 Å². The number of carbonyl (C=O) groups is 1. The minimum atomic E-state index is -1.03. The Morgan fingerprint density at radius 3 is 2.95 bits per heavy atom. The predicted octanol–water partition coefficient (Wildman–Crippen LogP) is 1.58. The molecule has 0 spiro atoms. The summed E-state index contributed by atoms with van der Waals surface area (Å²) in [5.74, 6) is 0.168. The molecule has 2 aromatic rings. The van der Waals surface area contributed by atoms with E-state index in [2.05, 4.69) is 15.4 Å². The summed E-state index contributed by atoms with van der Waals surface area (Å²) in [4.78, 5) is 15.3. The maximum Gasteiger partial charge on any atom is 0.352 e. The van der Waals surface area contributed by atoms with Crippen molar-refractivity contribution in [1.82, 2.24) is 14.8 Å². The Morgan fingerprint density at radius 2 is 2.29 bits per heavy atom. The first-order valence-electron chi connectivity index (χ1n) is 6.36. The van der Waals surface area contributed by atoms with E-state index in [1.54, 1.807) is 17.9 Å². The van der Waals surface area contributed by atoms with Crippen LogP contribution in [0.3, 0.4) is 0 Å². The van der Waals surface area contributed by atoms with Gasteiger partial charge in [0.15, 0.2) is 0 Å². The number of aliphatic carboxylic acids is 1. The van der Waals surface area contributed by atoms with Crippen LogP contribution >= 0.6 is 0 Å². The average molecular weight is 286 g/mol. The molecule has 0 bridgehead atoms. The van der Waals surface area contributed by atoms with Gasteiger partial charge in [0, 0.05) is 0 Å². The van der Waals surface area contributed by atoms with Gasteiger partial charge in [0.05, 0.1) is 7.11 Å². The summed E-state index contributed by atoms with van der Waals surface area (Å²) >= 11 is 0. The number of nitrogens with one attached hydrogen (secondary N) is 1. The molecule has 7 heteroatoms. The van der Waals surface area contributed by atoms with Crippen LogP contribution in [0.5, 0.6) is 5.75 Å². The van der Waals surface area contributed by atoms with Gasteiger partial charge in [0.25, 0.3) is 0 Å². The number of aromatic nitrogens is 3. The van der Waals surface area contributed by atoms with Crippen LogP contribution in [0.15, 0.2) is 36.3 Å². The third-order valence-electron chi connectivity index (χ3n) is 3.40. The summed E-state index contributed by atoms with van der Waals surface area (Å²) in [6, 6.07) is 5.39. The second-order valence-electron chi connectivity index (χ2n) is 4.71. The van der Waals surface area contributed by atoms with Crippen LogP contribution in [0.1, 0.15) is 17.2 Å². The molecule has 0 aliphatic carbocycles. The van der Waals surface area contributed by atoms with Crippen molar-refractivity contribution >= 4 is 11.9 Å². The number of methoxy groups -OCH3 is 1. The number of anilines is 1. The van der Waals surface area contributed by atoms with Crippen molar-refractivity contribution in [3.8, 4) is 5.75 Å². The topological polar surface area (TPSA) is 89.3 Å². The molecule has 1 atom stereocenters. The average Bonchev–Trinajstić information content (AvgIpc) is 2.94. The summed E-state index contributed by atoms with van der Waals surface area (Å²) in [7, 11) is 1.62. The van der Waals surface area contributed by atoms with Crippen molar-refractivity contribution in [2.24, 2.45) is 0 Å². The lowest BCUT2D eigenvalue weighted by atomic mass is 10.0. The fourth-order valence-electron chi connectivity index (χ4n) is 2.38. The molecule has 0 saturated carbocycles. The smallest absolute Gasteiger partial charge is 0.352 e. The van der Waals surface area contributed by atoms with Crippen LogP contribution < -0.4 is 10.1 Å². The number of allylic oxidation sites excluding steroid dienone is 1. The molecule has 1 aliphatic heterocycles. The lowest BCUT2D eigenvalue weighted by molar-refractivity contribution is -0.132. The Bertz CT molecular complexity index is 736. The fraction of sp³-hybridized carbons (Fsp3) is 0.214. The fourth-order valence-corrected chi connectivity index (χ4v) is 2.38. The van der Waals surface area contributed by atoms with Crippen molar-refractivity contribution in [2.75, 3.05) is 12.4 Å². The van der Waals surface area contributed by atoms with E-state index in [0.717, 1.165) is 16.9 Å². The van der Waals surface area contributed by atoms with Crippen LogP contribution in [-0.4, -0.2) is 33.0 Å². The van der Waals surface area contributed by atoms with E-state index in [4.69, 9.17) is 4.74 Å². The van der Waals surface area contributed by atoms with Crippen molar-refractivity contribution in [2.45, 2.75) is 13.0 Å². The summed E-state index contributed by atoms with van der Waals surface area (Å²) in [5.41, 5.74) is 1.98. The number of fused-ring (bicyclic) bond motifs is 1. The quantitative estimate of drug-likeness (QED) is 0.890. The highest BCUT2D eigenvalue weighted by Gasteiger charge is 2.25. The van der Waals surface area contributed by atoms with Crippen LogP contribution in [0.4, 0.5) is 5.95 Å². The van der Waals surface area contributed by atoms with Crippen molar-refractivity contribution in [1.29, 1.82) is 0 Å². The molecule has 3 rings (SSSR count). The third kappa shape index (κ3) is 2.22. The lowest BCUT2D eigenvalue weighted by Crippen LogP contribution is -2.24. The van der Waals surface area contributed by atoms with Crippen LogP contribution in [0.25, 0.3) is 0 Å². The van der Waals surface area contributed by atoms with Crippen molar-refractivity contribution < 1.29 is 14.6 Å². The number of aryl methyl sites for hydroxylation is 1. The molecule has 108 valence electrons. The molecule has 21 heavy (non-hydrogen) atoms. The normalized spacial score (nSPS) is 16.7. The van der Waals surface area contributed by atoms with Gasteiger partial charge >= 0.3 is 5.97 Å². The minimum absolute atomic E-state index is 0.0916. The molecule has 0 amide bonds. The maximum absolute atomic E-state index is 11.2. The van der Waals surface area contributed by atoms with E-state index in [0.29, 0.717) is 5.95 Å². The predicted molar refractivity (Wildman–Crippen MR) is 75.2 cm³/mol. The molecule has 0 radical (unpaired) electrons. The number of carboxylic acid groups (broad SMARTS) is 1. The molecule has 1 aromatic heterocycles. The van der Waals surface area contributed by atoms with Gasteiger partial charge in [-0.05, 0) is 36.3 Å². The molecule has 2 N–H and O–H groups in total. The second kappa shape index (κ2) is 4.93. The molecule has 1 aromatic carbocycles. The summed E-state index contributed by atoms with van der Waals surface area (Å²) in [6.07, 6.45) is 3.01. The zero-order valence-electron chi connectivity index (χ0n) is 11.6. The number of ether oxygens (including phenoxy) is 1. The van der Waals surface area contributed by atoms with Gasteiger partial charge in [-0.15, -0.1) is 0 Å². The van der Waals surface area contributed by atoms with Gasteiger partial charge in [-0.1, -0.05) is 6.07 Å². The first-order valence-corrected chi connectivity index (χ1v) is 6.36. The SMILES string of the molecule is COc1ccc(C2C=C(C(=O)O)Nc3ncnn32)cc1C. The highest BCUT2D eigenvalue weighted by Crippen LogP contribution is 2.30. The zero-order chi connectivity index (χ0) is 15.0. The lowest BCUT2D eigenvalue weighted by Gasteiger charge is -2.23. The van der Waals surface area contributed by atoms with E-state index < -0.39 is 5.97 Å². The molecule has 1 unspecified atom stereocenters. The Morgan fingerprint density at radius 1 is 1.48 bits per heavy atom. The van der Waals surface area contributed by atoms with Crippen molar-refractivity contribution in [3.63, 3.8) is 0 Å². The largest absolute Gasteiger partial charge is 0.496 e. The molecule has 0 saturated heterocycles. The Kier molecular flexibility index (Phi) is 3.09. The zero-order valence-corrected chi connectivity index (χ0v) is 11.6. The summed E-state index contributed by atoms with van der Waals surface area (Å²) in [6.45, 7) is 1.94. The van der Waals surface area contributed by atoms with Crippen LogP contribution in [-0.2, 0) is 4.79 Å². The van der Waals surface area contributed by atoms with Gasteiger partial charge in [-0.25, -0.2) is 9.48 Å². The van der Waals surface area contributed by atoms with E-state index in [1.807, 2.05) is 25.1 Å². The van der Waals surface area contributed by atoms with Crippen LogP contribution in [0.2, 0.25) is 0 Å². The van der Waals surface area contributed by atoms with Gasteiger partial charge in [0.2, 0.25) is 5.95 Å². The first kappa shape index (κ1) is 13.2. The molecule has 0 fully saturated rings. The minimum Gasteiger partial charge on any atom is -0.496 e. The standard InChI is InChI=1S/C14H14N4O3/c1-8-5-9(3-4-12(8)21-2)11-6-10(13(19)20)17-14-15-7-16-18(11)14/h3-7,11H,1-2H3,(H,19,20)(H,15,16,17). The Hall–Kier alpha value is -2.83. The molecule has 7 nitrogen and oxygen atoms in total. The van der Waals surface area contributed by atoms with E-state index in [1.165, 1.54) is 6.33 Å². The molecule has 2 heterocycles. The number of nitrogens with zero attached hydrogens (tertiary/aromatic N) is 3. The Labute approximate surface area is 120 Å². The number of benzene rings is 1. The highest BCUT2D eigenvalue weighted by atomic mass is 16.5. The van der Waals surface area contributed by atoms with Gasteiger partial charge in [0.1, 0.15) is 23.8 Å². The van der Waals surface area contributed by atoms with E-state index >= 15 is 0 Å². The van der Waals surface area contributed by atoms with E-state index in [-0.39, 0.29) is 11.7 Å². The molecular weight excluding hydrogens is 272 g/mol. The maximum atomic E-state index is 11.2. The molecule has 1 aliphatic rings. The van der Waals surface area contributed by atoms with Crippen molar-refractivity contribution in [3.05, 3.63) is 47.4 Å². The monoisotopic (exact) mass is 286 g/mol. The molecular formula is C14H14N4O3. The van der Waals surface area contributed by atoms with Gasteiger partial charge in [-0.2, -0.15) is 10.1 Å². The third-order valence-corrected chi connectivity index (χ3v) is 3.40. The second-order valence-corrected chi connectivity index (χ2v) is 4.71. The summed E-state index contributed by atoms with van der Waals surface area (Å²) in [5, 5.41) is 16.1. The number of rotatable bonds is 3. The number of hydrogen-bond acceptors (Lipinski definition) is 5. The first-order chi connectivity index (χ1) is 10.1. The Balaban J connectivity index is 2.08. The van der Waals surface area contributed by atoms with E-state index in [9.17, 15) is 9.90 Å². The number of hydrogen-bond donors (Lipinski definition) is 2. The van der Waals surface area contributed by atoms with Gasteiger partial charge < -0.3 is 15.2 Å².